The highest BCUT2D eigenvalue weighted by Crippen LogP contribution is 2.30. The van der Waals surface area contributed by atoms with Crippen LogP contribution >= 0.6 is 0 Å². The number of hydrogen-bond acceptors (Lipinski definition) is 5. The van der Waals surface area contributed by atoms with Crippen LogP contribution in [0.2, 0.25) is 0 Å². The van der Waals surface area contributed by atoms with Gasteiger partial charge in [-0.1, -0.05) is 0 Å². The molecule has 7 nitrogen and oxygen atoms in total. The van der Waals surface area contributed by atoms with Crippen molar-refractivity contribution in [3.05, 3.63) is 33.9 Å². The maximum absolute atomic E-state index is 10.6. The van der Waals surface area contributed by atoms with Gasteiger partial charge in [0.25, 0.3) is 5.69 Å². The second-order valence-electron chi connectivity index (χ2n) is 3.11. The number of benzene rings is 1. The number of nitrogens with zero attached hydrogens (tertiary/aromatic N) is 1. The molecule has 7 heteroatoms. The Labute approximate surface area is 89.7 Å². The Morgan fingerprint density at radius 2 is 2.12 bits per heavy atom. The minimum atomic E-state index is -1.52. The van der Waals surface area contributed by atoms with Crippen LogP contribution in [0.25, 0.3) is 0 Å². The normalized spacial score (nSPS) is 12.1. The van der Waals surface area contributed by atoms with E-state index in [0.29, 0.717) is 0 Å². The van der Waals surface area contributed by atoms with E-state index in [1.165, 1.54) is 0 Å². The SMILES string of the molecule is O=C(O)C[C@@H](O)c1cc(O)ccc1[N+](=O)[O-]. The molecule has 1 aromatic carbocycles. The quantitative estimate of drug-likeness (QED) is 0.516. The number of carboxylic acid groups (broad SMARTS) is 1. The monoisotopic (exact) mass is 227 g/mol. The van der Waals surface area contributed by atoms with E-state index >= 15 is 0 Å². The largest absolute Gasteiger partial charge is 0.508 e. The van der Waals surface area contributed by atoms with Gasteiger partial charge in [0.2, 0.25) is 0 Å². The zero-order valence-corrected chi connectivity index (χ0v) is 8.03. The molecule has 3 N–H and O–H groups in total. The number of carboxylic acids is 1. The maximum Gasteiger partial charge on any atom is 0.306 e. The number of rotatable bonds is 4. The van der Waals surface area contributed by atoms with Gasteiger partial charge in [0.15, 0.2) is 0 Å². The third-order valence-electron chi connectivity index (χ3n) is 1.93. The summed E-state index contributed by atoms with van der Waals surface area (Å²) in [5.41, 5.74) is -0.640. The Kier molecular flexibility index (Phi) is 3.41. The Bertz CT molecular complexity index is 430. The number of aliphatic hydroxyl groups excluding tert-OH is 1. The van der Waals surface area contributed by atoms with Crippen molar-refractivity contribution in [1.29, 1.82) is 0 Å². The van der Waals surface area contributed by atoms with Crippen LogP contribution in [0, 0.1) is 10.1 Å². The van der Waals surface area contributed by atoms with E-state index in [0.717, 1.165) is 18.2 Å². The van der Waals surface area contributed by atoms with Gasteiger partial charge in [-0.05, 0) is 12.1 Å². The van der Waals surface area contributed by atoms with Crippen LogP contribution in [0.5, 0.6) is 5.75 Å². The van der Waals surface area contributed by atoms with Crippen LogP contribution in [-0.2, 0) is 4.79 Å². The summed E-state index contributed by atoms with van der Waals surface area (Å²) in [6.07, 6.45) is -2.19. The van der Waals surface area contributed by atoms with E-state index in [-0.39, 0.29) is 11.3 Å². The maximum atomic E-state index is 10.6. The number of phenolic OH excluding ortho intramolecular Hbond substituents is 1. The van der Waals surface area contributed by atoms with Gasteiger partial charge in [-0.2, -0.15) is 0 Å². The van der Waals surface area contributed by atoms with Crippen molar-refractivity contribution in [2.45, 2.75) is 12.5 Å². The van der Waals surface area contributed by atoms with Gasteiger partial charge in [-0.15, -0.1) is 0 Å². The van der Waals surface area contributed by atoms with Crippen molar-refractivity contribution < 1.29 is 25.0 Å². The van der Waals surface area contributed by atoms with E-state index in [9.17, 15) is 20.0 Å². The first-order chi connectivity index (χ1) is 7.41. The van der Waals surface area contributed by atoms with Gasteiger partial charge in [-0.25, -0.2) is 0 Å². The van der Waals surface area contributed by atoms with Gasteiger partial charge in [0.1, 0.15) is 5.75 Å². The van der Waals surface area contributed by atoms with Crippen LogP contribution in [0.3, 0.4) is 0 Å². The molecule has 0 spiro atoms. The summed E-state index contributed by atoms with van der Waals surface area (Å²) in [6, 6.07) is 3.08. The molecule has 0 aliphatic rings. The highest BCUT2D eigenvalue weighted by molar-refractivity contribution is 5.68. The molecule has 0 bridgehead atoms. The summed E-state index contributed by atoms with van der Waals surface area (Å²) in [6.45, 7) is 0. The van der Waals surface area contributed by atoms with E-state index in [4.69, 9.17) is 10.2 Å². The lowest BCUT2D eigenvalue weighted by atomic mass is 10.0. The Hall–Kier alpha value is -2.15. The number of carbonyl (C=O) groups is 1. The molecule has 16 heavy (non-hydrogen) atoms. The minimum Gasteiger partial charge on any atom is -0.508 e. The van der Waals surface area contributed by atoms with Gasteiger partial charge < -0.3 is 15.3 Å². The smallest absolute Gasteiger partial charge is 0.306 e. The first-order valence-corrected chi connectivity index (χ1v) is 4.29. The summed E-state index contributed by atoms with van der Waals surface area (Å²) in [5.74, 6) is -1.56. The molecule has 0 radical (unpaired) electrons. The van der Waals surface area contributed by atoms with Crippen molar-refractivity contribution in [2.75, 3.05) is 0 Å². The number of hydrogen-bond donors (Lipinski definition) is 3. The molecule has 0 saturated carbocycles. The van der Waals surface area contributed by atoms with Crippen LogP contribution in [0.4, 0.5) is 5.69 Å². The highest BCUT2D eigenvalue weighted by Gasteiger charge is 2.22. The first-order valence-electron chi connectivity index (χ1n) is 4.29. The van der Waals surface area contributed by atoms with Gasteiger partial charge in [0, 0.05) is 6.07 Å². The fraction of sp³-hybridized carbons (Fsp3) is 0.222. The van der Waals surface area contributed by atoms with Crippen LogP contribution in [0.1, 0.15) is 18.1 Å². The number of aliphatic hydroxyl groups is 1. The topological polar surface area (TPSA) is 121 Å². The lowest BCUT2D eigenvalue weighted by Crippen LogP contribution is -2.07. The fourth-order valence-corrected chi connectivity index (χ4v) is 1.25. The predicted octanol–water partition coefficient (Wildman–Crippen LogP) is 0.808. The van der Waals surface area contributed by atoms with Crippen LogP contribution < -0.4 is 0 Å². The Morgan fingerprint density at radius 3 is 2.62 bits per heavy atom. The lowest BCUT2D eigenvalue weighted by molar-refractivity contribution is -0.386. The third-order valence-corrected chi connectivity index (χ3v) is 1.93. The average molecular weight is 227 g/mol. The van der Waals surface area contributed by atoms with Crippen LogP contribution in [0.15, 0.2) is 18.2 Å². The molecular weight excluding hydrogens is 218 g/mol. The molecule has 0 aliphatic heterocycles. The Balaban J connectivity index is 3.13. The van der Waals surface area contributed by atoms with E-state index in [2.05, 4.69) is 0 Å². The number of nitro groups is 1. The minimum absolute atomic E-state index is 0.215. The predicted molar refractivity (Wildman–Crippen MR) is 52.0 cm³/mol. The van der Waals surface area contributed by atoms with Crippen LogP contribution in [-0.4, -0.2) is 26.2 Å². The van der Waals surface area contributed by atoms with Gasteiger partial charge in [0.05, 0.1) is 23.0 Å². The van der Waals surface area contributed by atoms with Crippen molar-refractivity contribution in [2.24, 2.45) is 0 Å². The molecule has 0 amide bonds. The molecule has 1 atom stereocenters. The second-order valence-corrected chi connectivity index (χ2v) is 3.11. The number of aromatic hydroxyl groups is 1. The van der Waals surface area contributed by atoms with Gasteiger partial charge in [-0.3, -0.25) is 14.9 Å². The summed E-state index contributed by atoms with van der Waals surface area (Å²) in [7, 11) is 0. The molecule has 0 aliphatic carbocycles. The standard InChI is InChI=1S/C9H9NO6/c11-5-1-2-7(10(15)16)6(3-5)8(12)4-9(13)14/h1-3,8,11-12H,4H2,(H,13,14)/t8-/m1/s1. The van der Waals surface area contributed by atoms with E-state index in [1.54, 1.807) is 0 Å². The molecule has 86 valence electrons. The molecular formula is C9H9NO6. The van der Waals surface area contributed by atoms with Crippen molar-refractivity contribution in [3.63, 3.8) is 0 Å². The average Bonchev–Trinajstić information content (AvgIpc) is 2.15. The molecule has 0 unspecified atom stereocenters. The number of aliphatic carboxylic acids is 1. The number of nitro benzene ring substituents is 1. The van der Waals surface area contributed by atoms with E-state index in [1.807, 2.05) is 0 Å². The molecule has 0 aromatic heterocycles. The van der Waals surface area contributed by atoms with Gasteiger partial charge >= 0.3 is 5.97 Å². The van der Waals surface area contributed by atoms with Crippen molar-refractivity contribution in [3.8, 4) is 5.75 Å². The summed E-state index contributed by atoms with van der Waals surface area (Å²) < 4.78 is 0. The summed E-state index contributed by atoms with van der Waals surface area (Å²) in [4.78, 5) is 20.2. The molecule has 0 heterocycles. The summed E-state index contributed by atoms with van der Waals surface area (Å²) in [5, 5.41) is 37.6. The summed E-state index contributed by atoms with van der Waals surface area (Å²) >= 11 is 0. The van der Waals surface area contributed by atoms with Crippen molar-refractivity contribution >= 4 is 11.7 Å². The molecule has 1 aromatic rings. The highest BCUT2D eigenvalue weighted by atomic mass is 16.6. The molecule has 0 fully saturated rings. The zero-order chi connectivity index (χ0) is 12.3. The molecule has 0 saturated heterocycles. The number of phenols is 1. The lowest BCUT2D eigenvalue weighted by Gasteiger charge is -2.08. The first kappa shape index (κ1) is 11.9. The fourth-order valence-electron chi connectivity index (χ4n) is 1.25. The third kappa shape index (κ3) is 2.67. The second kappa shape index (κ2) is 4.58. The Morgan fingerprint density at radius 1 is 1.50 bits per heavy atom. The molecule has 1 rings (SSSR count). The zero-order valence-electron chi connectivity index (χ0n) is 8.03. The van der Waals surface area contributed by atoms with Crippen molar-refractivity contribution in [1.82, 2.24) is 0 Å². The van der Waals surface area contributed by atoms with E-state index < -0.39 is 29.1 Å².